The van der Waals surface area contributed by atoms with Crippen LogP contribution >= 0.6 is 0 Å². The van der Waals surface area contributed by atoms with Crippen LogP contribution in [0.1, 0.15) is 37.0 Å². The Labute approximate surface area is 259 Å². The van der Waals surface area contributed by atoms with E-state index in [9.17, 15) is 22.4 Å². The highest BCUT2D eigenvalue weighted by molar-refractivity contribution is 7.92. The summed E-state index contributed by atoms with van der Waals surface area (Å²) >= 11 is 0. The molecule has 0 saturated heterocycles. The van der Waals surface area contributed by atoms with E-state index in [1.165, 1.54) is 17.0 Å². The minimum atomic E-state index is -4.29. The first-order valence-electron chi connectivity index (χ1n) is 14.6. The molecule has 0 unspecified atom stereocenters. The minimum absolute atomic E-state index is 0.0934. The van der Waals surface area contributed by atoms with Gasteiger partial charge in [-0.05, 0) is 73.4 Å². The molecule has 0 aromatic heterocycles. The number of amides is 2. The fraction of sp³-hybridized carbons (Fsp3) is 0.257. The van der Waals surface area contributed by atoms with Crippen molar-refractivity contribution in [2.24, 2.45) is 0 Å². The zero-order chi connectivity index (χ0) is 31.7. The Hall–Kier alpha value is -4.50. The second-order valence-corrected chi connectivity index (χ2v) is 12.6. The van der Waals surface area contributed by atoms with Gasteiger partial charge in [0.05, 0.1) is 10.6 Å². The SMILES string of the molecule is CC[C@@H](C)NC(=O)[C@@H](Cc1ccccc1)N(Cc1ccccc1C)C(=O)CN(c1ccccc1)S(=O)(=O)c1ccc(F)cc1. The second-order valence-electron chi connectivity index (χ2n) is 10.8. The summed E-state index contributed by atoms with van der Waals surface area (Å²) in [4.78, 5) is 29.6. The van der Waals surface area contributed by atoms with Crippen LogP contribution in [0.3, 0.4) is 0 Å². The molecule has 0 radical (unpaired) electrons. The Morgan fingerprint density at radius 3 is 2.05 bits per heavy atom. The van der Waals surface area contributed by atoms with Crippen molar-refractivity contribution in [1.82, 2.24) is 10.2 Å². The summed E-state index contributed by atoms with van der Waals surface area (Å²) in [5, 5.41) is 3.03. The molecule has 0 fully saturated rings. The van der Waals surface area contributed by atoms with Crippen molar-refractivity contribution in [1.29, 1.82) is 0 Å². The maximum Gasteiger partial charge on any atom is 0.264 e. The van der Waals surface area contributed by atoms with Gasteiger partial charge in [0.15, 0.2) is 0 Å². The highest BCUT2D eigenvalue weighted by Gasteiger charge is 2.35. The van der Waals surface area contributed by atoms with Crippen molar-refractivity contribution in [2.45, 2.75) is 57.1 Å². The maximum absolute atomic E-state index is 14.4. The highest BCUT2D eigenvalue weighted by Crippen LogP contribution is 2.25. The molecule has 0 aliphatic rings. The third-order valence-corrected chi connectivity index (χ3v) is 9.39. The van der Waals surface area contributed by atoms with Gasteiger partial charge < -0.3 is 10.2 Å². The first-order valence-corrected chi connectivity index (χ1v) is 16.1. The smallest absolute Gasteiger partial charge is 0.264 e. The molecular formula is C35H38FN3O4S. The molecule has 2 amide bonds. The summed E-state index contributed by atoms with van der Waals surface area (Å²) in [6.45, 7) is 5.31. The summed E-state index contributed by atoms with van der Waals surface area (Å²) in [7, 11) is -4.29. The lowest BCUT2D eigenvalue weighted by Gasteiger charge is -2.34. The molecular weight excluding hydrogens is 577 g/mol. The van der Waals surface area contributed by atoms with Crippen LogP contribution in [0.2, 0.25) is 0 Å². The van der Waals surface area contributed by atoms with Crippen LogP contribution in [0.4, 0.5) is 10.1 Å². The van der Waals surface area contributed by atoms with Crippen molar-refractivity contribution in [3.63, 3.8) is 0 Å². The minimum Gasteiger partial charge on any atom is -0.352 e. The van der Waals surface area contributed by atoms with Crippen LogP contribution in [0, 0.1) is 12.7 Å². The van der Waals surface area contributed by atoms with E-state index in [1.807, 2.05) is 75.4 Å². The molecule has 230 valence electrons. The van der Waals surface area contributed by atoms with Crippen molar-refractivity contribution < 1.29 is 22.4 Å². The number of benzene rings is 4. The quantitative estimate of drug-likeness (QED) is 0.203. The molecule has 1 N–H and O–H groups in total. The van der Waals surface area contributed by atoms with E-state index in [0.717, 1.165) is 33.1 Å². The first-order chi connectivity index (χ1) is 21.1. The molecule has 0 saturated carbocycles. The van der Waals surface area contributed by atoms with E-state index in [1.54, 1.807) is 30.3 Å². The Balaban J connectivity index is 1.80. The monoisotopic (exact) mass is 615 g/mol. The third kappa shape index (κ3) is 8.11. The van der Waals surface area contributed by atoms with E-state index in [0.29, 0.717) is 6.42 Å². The number of nitrogens with zero attached hydrogens (tertiary/aromatic N) is 2. The number of carbonyl (C=O) groups is 2. The maximum atomic E-state index is 14.4. The Morgan fingerprint density at radius 2 is 1.43 bits per heavy atom. The van der Waals surface area contributed by atoms with E-state index in [4.69, 9.17) is 0 Å². The predicted octanol–water partition coefficient (Wildman–Crippen LogP) is 5.88. The number of para-hydroxylation sites is 1. The Morgan fingerprint density at radius 1 is 0.841 bits per heavy atom. The van der Waals surface area contributed by atoms with Crippen LogP contribution in [-0.2, 0) is 32.6 Å². The van der Waals surface area contributed by atoms with Crippen LogP contribution in [0.5, 0.6) is 0 Å². The number of anilines is 1. The number of halogens is 1. The van der Waals surface area contributed by atoms with E-state index < -0.39 is 34.3 Å². The summed E-state index contributed by atoms with van der Waals surface area (Å²) in [6, 6.07) is 28.7. The number of aryl methyl sites for hydroxylation is 1. The summed E-state index contributed by atoms with van der Waals surface area (Å²) < 4.78 is 42.6. The number of hydrogen-bond acceptors (Lipinski definition) is 4. The van der Waals surface area contributed by atoms with Crippen molar-refractivity contribution in [3.05, 3.63) is 132 Å². The third-order valence-electron chi connectivity index (χ3n) is 7.60. The van der Waals surface area contributed by atoms with Gasteiger partial charge in [0.1, 0.15) is 18.4 Å². The lowest BCUT2D eigenvalue weighted by molar-refractivity contribution is -0.140. The molecule has 4 aromatic carbocycles. The van der Waals surface area contributed by atoms with Crippen molar-refractivity contribution in [3.8, 4) is 0 Å². The molecule has 0 spiro atoms. The van der Waals surface area contributed by atoms with Crippen LogP contribution in [0.25, 0.3) is 0 Å². The zero-order valence-electron chi connectivity index (χ0n) is 25.2. The number of carbonyl (C=O) groups excluding carboxylic acids is 2. The zero-order valence-corrected chi connectivity index (χ0v) is 26.0. The van der Waals surface area contributed by atoms with Gasteiger partial charge in [-0.15, -0.1) is 0 Å². The van der Waals surface area contributed by atoms with E-state index >= 15 is 0 Å². The molecule has 0 heterocycles. The van der Waals surface area contributed by atoms with Gasteiger partial charge in [0, 0.05) is 19.0 Å². The van der Waals surface area contributed by atoms with Gasteiger partial charge in [-0.1, -0.05) is 79.7 Å². The molecule has 0 aliphatic heterocycles. The van der Waals surface area contributed by atoms with Crippen LogP contribution < -0.4 is 9.62 Å². The number of hydrogen-bond donors (Lipinski definition) is 1. The van der Waals surface area contributed by atoms with Gasteiger partial charge in [-0.25, -0.2) is 12.8 Å². The van der Waals surface area contributed by atoms with Gasteiger partial charge in [0.25, 0.3) is 10.0 Å². The van der Waals surface area contributed by atoms with E-state index in [-0.39, 0.29) is 35.5 Å². The Bertz CT molecular complexity index is 1650. The topological polar surface area (TPSA) is 86.8 Å². The van der Waals surface area contributed by atoms with Gasteiger partial charge in [-0.2, -0.15) is 0 Å². The average Bonchev–Trinajstić information content (AvgIpc) is 3.03. The van der Waals surface area contributed by atoms with Crippen LogP contribution in [-0.4, -0.2) is 43.8 Å². The van der Waals surface area contributed by atoms with Crippen molar-refractivity contribution >= 4 is 27.5 Å². The number of nitrogens with one attached hydrogen (secondary N) is 1. The molecule has 4 aromatic rings. The lowest BCUT2D eigenvalue weighted by atomic mass is 10.0. The molecule has 44 heavy (non-hydrogen) atoms. The normalized spacial score (nSPS) is 12.6. The number of rotatable bonds is 13. The van der Waals surface area contributed by atoms with Gasteiger partial charge in [-0.3, -0.25) is 13.9 Å². The predicted molar refractivity (Wildman–Crippen MR) is 171 cm³/mol. The van der Waals surface area contributed by atoms with Crippen LogP contribution in [0.15, 0.2) is 114 Å². The Kier molecular flexibility index (Phi) is 10.9. The van der Waals surface area contributed by atoms with Gasteiger partial charge >= 0.3 is 0 Å². The highest BCUT2D eigenvalue weighted by atomic mass is 32.2. The second kappa shape index (κ2) is 14.8. The average molecular weight is 616 g/mol. The fourth-order valence-corrected chi connectivity index (χ4v) is 6.24. The summed E-state index contributed by atoms with van der Waals surface area (Å²) in [5.74, 6) is -1.45. The summed E-state index contributed by atoms with van der Waals surface area (Å²) in [5.41, 5.74) is 2.90. The molecule has 0 aliphatic carbocycles. The molecule has 9 heteroatoms. The largest absolute Gasteiger partial charge is 0.352 e. The van der Waals surface area contributed by atoms with E-state index in [2.05, 4.69) is 5.32 Å². The molecule has 0 bridgehead atoms. The first kappa shape index (κ1) is 32.4. The number of sulfonamides is 1. The summed E-state index contributed by atoms with van der Waals surface area (Å²) in [6.07, 6.45) is 0.935. The fourth-order valence-electron chi connectivity index (χ4n) is 4.82. The van der Waals surface area contributed by atoms with Crippen molar-refractivity contribution in [2.75, 3.05) is 10.8 Å². The van der Waals surface area contributed by atoms with Gasteiger partial charge in [0.2, 0.25) is 11.8 Å². The standard InChI is InChI=1S/C35H38FN3O4S/c1-4-27(3)37-35(41)33(23-28-14-7-5-8-15-28)38(24-29-16-12-11-13-26(29)2)34(40)25-39(31-17-9-6-10-18-31)44(42,43)32-21-19-30(36)20-22-32/h5-22,27,33H,4,23-25H2,1-3H3,(H,37,41)/t27-,33-/m1/s1. The molecule has 7 nitrogen and oxygen atoms in total. The lowest BCUT2D eigenvalue weighted by Crippen LogP contribution is -2.54. The molecule has 2 atom stereocenters. The molecule has 4 rings (SSSR count).